The number of nitrogens with zero attached hydrogens (tertiary/aromatic N) is 2. The molecule has 1 aliphatic heterocycles. The number of ether oxygens (including phenoxy) is 1. The van der Waals surface area contributed by atoms with Gasteiger partial charge >= 0.3 is 0 Å². The largest absolute Gasteiger partial charge is 0.497 e. The summed E-state index contributed by atoms with van der Waals surface area (Å²) in [5.74, 6) is -0.842. The van der Waals surface area contributed by atoms with E-state index in [1.165, 1.54) is 23.5 Å². The molecule has 1 aromatic heterocycles. The Hall–Kier alpha value is -3.78. The first-order valence-corrected chi connectivity index (χ1v) is 11.1. The zero-order valence-corrected chi connectivity index (χ0v) is 18.7. The molecule has 2 amide bonds. The number of likely N-dealkylation sites (N-methyl/N-ethyl adjacent to an activating group) is 1. The third-order valence-corrected chi connectivity index (χ3v) is 6.83. The topological polar surface area (TPSA) is 71.5 Å². The summed E-state index contributed by atoms with van der Waals surface area (Å²) < 4.78 is 19.7. The number of hydrogen-bond donors (Lipinski definition) is 1. The van der Waals surface area contributed by atoms with Crippen LogP contribution < -0.4 is 10.1 Å². The van der Waals surface area contributed by atoms with Crippen LogP contribution in [0.2, 0.25) is 0 Å². The number of nitrogens with one attached hydrogen (secondary N) is 1. The van der Waals surface area contributed by atoms with E-state index in [1.807, 2.05) is 24.3 Å². The molecule has 33 heavy (non-hydrogen) atoms. The fraction of sp³-hybridized carbons (Fsp3) is 0.160. The number of amides is 2. The summed E-state index contributed by atoms with van der Waals surface area (Å²) in [6, 6.07) is 17.9. The SMILES string of the molecule is COc1ccc2nc(NC(=O)[C@H]3c4ccccc4C(=O)N(C)[C@H]3c3ccc(F)cc3)sc2c1. The fourth-order valence-corrected chi connectivity index (χ4v) is 5.20. The minimum Gasteiger partial charge on any atom is -0.497 e. The summed E-state index contributed by atoms with van der Waals surface area (Å²) >= 11 is 1.35. The van der Waals surface area contributed by atoms with Crippen molar-refractivity contribution in [3.05, 3.63) is 89.2 Å². The Balaban J connectivity index is 1.56. The molecule has 0 radical (unpaired) electrons. The number of carbonyl (C=O) groups excluding carboxylic acids is 2. The van der Waals surface area contributed by atoms with E-state index in [-0.39, 0.29) is 17.6 Å². The number of benzene rings is 3. The van der Waals surface area contributed by atoms with Gasteiger partial charge in [-0.3, -0.25) is 9.59 Å². The highest BCUT2D eigenvalue weighted by atomic mass is 32.1. The number of anilines is 1. The molecule has 8 heteroatoms. The van der Waals surface area contributed by atoms with E-state index in [0.717, 1.165) is 10.2 Å². The maximum absolute atomic E-state index is 13.7. The van der Waals surface area contributed by atoms with Gasteiger partial charge in [-0.15, -0.1) is 0 Å². The molecular formula is C25H20FN3O3S. The van der Waals surface area contributed by atoms with E-state index in [2.05, 4.69) is 10.3 Å². The lowest BCUT2D eigenvalue weighted by Gasteiger charge is -2.39. The van der Waals surface area contributed by atoms with Crippen LogP contribution in [0.25, 0.3) is 10.2 Å². The number of aromatic nitrogens is 1. The normalized spacial score (nSPS) is 17.7. The number of hydrogen-bond acceptors (Lipinski definition) is 5. The Morgan fingerprint density at radius 3 is 2.64 bits per heavy atom. The van der Waals surface area contributed by atoms with Gasteiger partial charge in [0.05, 0.1) is 29.3 Å². The summed E-state index contributed by atoms with van der Waals surface area (Å²) in [5, 5.41) is 3.40. The molecule has 0 saturated heterocycles. The maximum atomic E-state index is 13.7. The van der Waals surface area contributed by atoms with Gasteiger partial charge in [0, 0.05) is 12.6 Å². The third-order valence-electron chi connectivity index (χ3n) is 5.90. The molecular weight excluding hydrogens is 441 g/mol. The van der Waals surface area contributed by atoms with Crippen molar-refractivity contribution >= 4 is 38.5 Å². The van der Waals surface area contributed by atoms with E-state index in [4.69, 9.17) is 4.74 Å². The van der Waals surface area contributed by atoms with Crippen molar-refractivity contribution in [3.63, 3.8) is 0 Å². The highest BCUT2D eigenvalue weighted by molar-refractivity contribution is 7.22. The Labute approximate surface area is 193 Å². The summed E-state index contributed by atoms with van der Waals surface area (Å²) in [5.41, 5.74) is 2.54. The molecule has 3 aromatic carbocycles. The molecule has 0 aliphatic carbocycles. The predicted molar refractivity (Wildman–Crippen MR) is 125 cm³/mol. The van der Waals surface area contributed by atoms with Gasteiger partial charge in [0.25, 0.3) is 5.91 Å². The highest BCUT2D eigenvalue weighted by Crippen LogP contribution is 2.43. The predicted octanol–water partition coefficient (Wildman–Crippen LogP) is 4.99. The Bertz CT molecular complexity index is 1370. The lowest BCUT2D eigenvalue weighted by atomic mass is 9.79. The van der Waals surface area contributed by atoms with Crippen LogP contribution in [0.1, 0.15) is 33.4 Å². The van der Waals surface area contributed by atoms with Crippen LogP contribution >= 0.6 is 11.3 Å². The van der Waals surface area contributed by atoms with Crippen LogP contribution in [0.4, 0.5) is 9.52 Å². The number of carbonyl (C=O) groups is 2. The molecule has 0 unspecified atom stereocenters. The second kappa shape index (κ2) is 8.29. The third kappa shape index (κ3) is 3.72. The number of methoxy groups -OCH3 is 1. The molecule has 1 N–H and O–H groups in total. The lowest BCUT2D eigenvalue weighted by Crippen LogP contribution is -2.44. The summed E-state index contributed by atoms with van der Waals surface area (Å²) in [7, 11) is 3.26. The van der Waals surface area contributed by atoms with Crippen molar-refractivity contribution in [1.82, 2.24) is 9.88 Å². The minimum atomic E-state index is -0.698. The Morgan fingerprint density at radius 2 is 1.88 bits per heavy atom. The standard InChI is InChI=1S/C25H20FN3O3S/c1-29-22(14-7-9-15(26)10-8-14)21(17-5-3-4-6-18(17)24(29)31)23(30)28-25-27-19-12-11-16(32-2)13-20(19)33-25/h3-13,21-22H,1-2H3,(H,27,28,30)/t21-,22-/m0/s1. The fourth-order valence-electron chi connectivity index (χ4n) is 4.30. The van der Waals surface area contributed by atoms with Crippen molar-refractivity contribution in [2.24, 2.45) is 0 Å². The molecule has 1 aliphatic rings. The number of thiazole rings is 1. The smallest absolute Gasteiger partial charge is 0.254 e. The van der Waals surface area contributed by atoms with Gasteiger partial charge < -0.3 is 15.0 Å². The minimum absolute atomic E-state index is 0.184. The quantitative estimate of drug-likeness (QED) is 0.465. The van der Waals surface area contributed by atoms with Crippen molar-refractivity contribution in [2.45, 2.75) is 12.0 Å². The van der Waals surface area contributed by atoms with E-state index < -0.39 is 12.0 Å². The van der Waals surface area contributed by atoms with E-state index in [9.17, 15) is 14.0 Å². The molecule has 5 rings (SSSR count). The molecule has 0 spiro atoms. The second-order valence-electron chi connectivity index (χ2n) is 7.82. The summed E-state index contributed by atoms with van der Waals surface area (Å²) in [6.45, 7) is 0. The van der Waals surface area contributed by atoms with Crippen molar-refractivity contribution in [3.8, 4) is 5.75 Å². The average molecular weight is 462 g/mol. The summed E-state index contributed by atoms with van der Waals surface area (Å²) in [4.78, 5) is 32.8. The van der Waals surface area contributed by atoms with Crippen LogP contribution in [0.5, 0.6) is 5.75 Å². The van der Waals surface area contributed by atoms with Gasteiger partial charge in [0.2, 0.25) is 5.91 Å². The van der Waals surface area contributed by atoms with Crippen LogP contribution in [0.15, 0.2) is 66.7 Å². The van der Waals surface area contributed by atoms with E-state index in [1.54, 1.807) is 49.4 Å². The number of rotatable bonds is 4. The van der Waals surface area contributed by atoms with Gasteiger partial charge in [-0.05, 0) is 47.5 Å². The molecule has 2 heterocycles. The zero-order valence-electron chi connectivity index (χ0n) is 17.9. The second-order valence-corrected chi connectivity index (χ2v) is 8.85. The maximum Gasteiger partial charge on any atom is 0.254 e. The van der Waals surface area contributed by atoms with Crippen LogP contribution in [-0.4, -0.2) is 35.9 Å². The van der Waals surface area contributed by atoms with E-state index in [0.29, 0.717) is 27.6 Å². The van der Waals surface area contributed by atoms with Gasteiger partial charge in [0.1, 0.15) is 11.6 Å². The monoisotopic (exact) mass is 461 g/mol. The molecule has 0 bridgehead atoms. The first-order chi connectivity index (χ1) is 16.0. The number of fused-ring (bicyclic) bond motifs is 2. The van der Waals surface area contributed by atoms with Gasteiger partial charge in [-0.1, -0.05) is 41.7 Å². The average Bonchev–Trinajstić information content (AvgIpc) is 3.23. The van der Waals surface area contributed by atoms with Gasteiger partial charge in [-0.2, -0.15) is 0 Å². The van der Waals surface area contributed by atoms with E-state index >= 15 is 0 Å². The first-order valence-electron chi connectivity index (χ1n) is 10.3. The Morgan fingerprint density at radius 1 is 1.12 bits per heavy atom. The lowest BCUT2D eigenvalue weighted by molar-refractivity contribution is -0.119. The zero-order chi connectivity index (χ0) is 23.1. The molecule has 166 valence electrons. The first kappa shape index (κ1) is 21.1. The number of halogens is 1. The Kier molecular flexibility index (Phi) is 5.30. The van der Waals surface area contributed by atoms with Gasteiger partial charge in [-0.25, -0.2) is 9.37 Å². The van der Waals surface area contributed by atoms with Crippen LogP contribution in [0.3, 0.4) is 0 Å². The molecule has 6 nitrogen and oxygen atoms in total. The summed E-state index contributed by atoms with van der Waals surface area (Å²) in [6.07, 6.45) is 0. The molecule has 4 aromatic rings. The molecule has 0 fully saturated rings. The highest BCUT2D eigenvalue weighted by Gasteiger charge is 2.42. The van der Waals surface area contributed by atoms with Crippen molar-refractivity contribution in [2.75, 3.05) is 19.5 Å². The van der Waals surface area contributed by atoms with Crippen LogP contribution in [-0.2, 0) is 4.79 Å². The molecule has 0 saturated carbocycles. The van der Waals surface area contributed by atoms with Crippen molar-refractivity contribution in [1.29, 1.82) is 0 Å². The van der Waals surface area contributed by atoms with Crippen LogP contribution in [0, 0.1) is 5.82 Å². The molecule has 2 atom stereocenters. The van der Waals surface area contributed by atoms with Gasteiger partial charge in [0.15, 0.2) is 5.13 Å². The van der Waals surface area contributed by atoms with Crippen molar-refractivity contribution < 1.29 is 18.7 Å².